The molecular weight excluding hydrogens is 250 g/mol. The molecule has 4 nitrogen and oxygen atoms in total. The molecule has 0 atom stereocenters. The smallest absolute Gasteiger partial charge is 0.103 e. The quantitative estimate of drug-likeness (QED) is 0.758. The van der Waals surface area contributed by atoms with Gasteiger partial charge in [-0.15, -0.1) is 0 Å². The van der Waals surface area contributed by atoms with Crippen molar-refractivity contribution in [1.29, 1.82) is 5.26 Å². The number of hydrogen-bond acceptors (Lipinski definition) is 4. The van der Waals surface area contributed by atoms with Gasteiger partial charge in [-0.3, -0.25) is 4.98 Å². The molecule has 104 valence electrons. The minimum Gasteiger partial charge on any atom is -0.396 e. The maximum Gasteiger partial charge on any atom is 0.103 e. The van der Waals surface area contributed by atoms with Gasteiger partial charge in [0.05, 0.1) is 16.8 Å². The van der Waals surface area contributed by atoms with Crippen LogP contribution in [0.1, 0.15) is 31.2 Å². The maximum absolute atomic E-state index is 9.19. The zero-order chi connectivity index (χ0) is 14.2. The van der Waals surface area contributed by atoms with E-state index in [2.05, 4.69) is 16.4 Å². The Kier molecular flexibility index (Phi) is 5.33. The van der Waals surface area contributed by atoms with E-state index >= 15 is 0 Å². The van der Waals surface area contributed by atoms with Crippen LogP contribution in [0.5, 0.6) is 0 Å². The van der Waals surface area contributed by atoms with E-state index in [9.17, 15) is 5.26 Å². The largest absolute Gasteiger partial charge is 0.396 e. The molecule has 2 N–H and O–H groups in total. The lowest BCUT2D eigenvalue weighted by atomic mass is 10.1. The molecular formula is C16H19N3O. The van der Waals surface area contributed by atoms with Crippen molar-refractivity contribution in [3.05, 3.63) is 36.0 Å². The Morgan fingerprint density at radius 2 is 1.95 bits per heavy atom. The summed E-state index contributed by atoms with van der Waals surface area (Å²) >= 11 is 0. The van der Waals surface area contributed by atoms with Gasteiger partial charge in [0.15, 0.2) is 0 Å². The number of aliphatic hydroxyl groups excluding tert-OH is 1. The molecule has 1 heterocycles. The van der Waals surface area contributed by atoms with Crippen LogP contribution in [0.4, 0.5) is 5.69 Å². The van der Waals surface area contributed by atoms with Crippen LogP contribution in [0.25, 0.3) is 10.9 Å². The second kappa shape index (κ2) is 7.46. The van der Waals surface area contributed by atoms with Gasteiger partial charge in [-0.1, -0.05) is 31.0 Å². The van der Waals surface area contributed by atoms with Crippen molar-refractivity contribution in [1.82, 2.24) is 4.98 Å². The third-order valence-corrected chi connectivity index (χ3v) is 3.28. The van der Waals surface area contributed by atoms with E-state index in [0.29, 0.717) is 5.56 Å². The Labute approximate surface area is 119 Å². The van der Waals surface area contributed by atoms with E-state index < -0.39 is 0 Å². The lowest BCUT2D eigenvalue weighted by Gasteiger charge is -2.11. The topological polar surface area (TPSA) is 68.9 Å². The van der Waals surface area contributed by atoms with Crippen molar-refractivity contribution < 1.29 is 5.11 Å². The van der Waals surface area contributed by atoms with Crippen LogP contribution >= 0.6 is 0 Å². The summed E-state index contributed by atoms with van der Waals surface area (Å²) in [6, 6.07) is 10.0. The fourth-order valence-corrected chi connectivity index (χ4v) is 2.22. The predicted octanol–water partition coefficient (Wildman–Crippen LogP) is 3.07. The Balaban J connectivity index is 2.06. The molecule has 0 saturated heterocycles. The minimum atomic E-state index is 0.265. The van der Waals surface area contributed by atoms with Crippen LogP contribution in [0.3, 0.4) is 0 Å². The van der Waals surface area contributed by atoms with Gasteiger partial charge in [0.2, 0.25) is 0 Å². The van der Waals surface area contributed by atoms with Crippen LogP contribution in [-0.2, 0) is 0 Å². The van der Waals surface area contributed by atoms with E-state index in [4.69, 9.17) is 5.11 Å². The summed E-state index contributed by atoms with van der Waals surface area (Å²) in [6.45, 7) is 1.09. The van der Waals surface area contributed by atoms with Crippen molar-refractivity contribution in [2.75, 3.05) is 18.5 Å². The van der Waals surface area contributed by atoms with Gasteiger partial charge in [0.1, 0.15) is 6.07 Å². The van der Waals surface area contributed by atoms with Crippen molar-refractivity contribution in [3.8, 4) is 6.07 Å². The van der Waals surface area contributed by atoms with Crippen molar-refractivity contribution in [3.63, 3.8) is 0 Å². The monoisotopic (exact) mass is 269 g/mol. The highest BCUT2D eigenvalue weighted by Gasteiger charge is 2.07. The SMILES string of the molecule is N#Cc1cnc2ccccc2c1NCCCCCCO. The number of anilines is 1. The summed E-state index contributed by atoms with van der Waals surface area (Å²) in [7, 11) is 0. The summed E-state index contributed by atoms with van der Waals surface area (Å²) in [4.78, 5) is 4.29. The second-order valence-electron chi connectivity index (χ2n) is 4.74. The average molecular weight is 269 g/mol. The number of fused-ring (bicyclic) bond motifs is 1. The molecule has 0 bridgehead atoms. The normalized spacial score (nSPS) is 10.4. The number of para-hydroxylation sites is 1. The lowest BCUT2D eigenvalue weighted by molar-refractivity contribution is 0.283. The van der Waals surface area contributed by atoms with Crippen LogP contribution in [-0.4, -0.2) is 23.2 Å². The van der Waals surface area contributed by atoms with Crippen LogP contribution in [0.15, 0.2) is 30.5 Å². The Morgan fingerprint density at radius 3 is 2.75 bits per heavy atom. The highest BCUT2D eigenvalue weighted by atomic mass is 16.2. The van der Waals surface area contributed by atoms with Gasteiger partial charge in [0, 0.05) is 24.7 Å². The van der Waals surface area contributed by atoms with Crippen LogP contribution in [0.2, 0.25) is 0 Å². The van der Waals surface area contributed by atoms with E-state index in [-0.39, 0.29) is 6.61 Å². The van der Waals surface area contributed by atoms with Gasteiger partial charge in [-0.2, -0.15) is 5.26 Å². The number of unbranched alkanes of at least 4 members (excludes halogenated alkanes) is 3. The molecule has 20 heavy (non-hydrogen) atoms. The molecule has 0 amide bonds. The first-order chi connectivity index (χ1) is 9.86. The summed E-state index contributed by atoms with van der Waals surface area (Å²) in [6.07, 6.45) is 5.64. The van der Waals surface area contributed by atoms with E-state index in [0.717, 1.165) is 48.8 Å². The van der Waals surface area contributed by atoms with Gasteiger partial charge in [0.25, 0.3) is 0 Å². The number of nitriles is 1. The molecule has 2 rings (SSSR count). The number of benzene rings is 1. The highest BCUT2D eigenvalue weighted by molar-refractivity contribution is 5.93. The van der Waals surface area contributed by atoms with Gasteiger partial charge in [-0.25, -0.2) is 0 Å². The zero-order valence-electron chi connectivity index (χ0n) is 11.5. The van der Waals surface area contributed by atoms with E-state index in [1.165, 1.54) is 0 Å². The molecule has 0 spiro atoms. The molecule has 0 aliphatic carbocycles. The number of hydrogen-bond donors (Lipinski definition) is 2. The highest BCUT2D eigenvalue weighted by Crippen LogP contribution is 2.25. The fourth-order valence-electron chi connectivity index (χ4n) is 2.22. The summed E-state index contributed by atoms with van der Waals surface area (Å²) in [5.74, 6) is 0. The summed E-state index contributed by atoms with van der Waals surface area (Å²) in [5.41, 5.74) is 2.36. The molecule has 0 fully saturated rings. The number of rotatable bonds is 7. The molecule has 0 aliphatic heterocycles. The molecule has 0 aliphatic rings. The first-order valence-electron chi connectivity index (χ1n) is 6.99. The zero-order valence-corrected chi connectivity index (χ0v) is 11.5. The molecule has 1 aromatic heterocycles. The third kappa shape index (κ3) is 3.46. The van der Waals surface area contributed by atoms with Gasteiger partial charge < -0.3 is 10.4 Å². The predicted molar refractivity (Wildman–Crippen MR) is 80.5 cm³/mol. The fraction of sp³-hybridized carbons (Fsp3) is 0.375. The molecule has 1 aromatic carbocycles. The standard InChI is InChI=1S/C16H19N3O/c17-11-13-12-19-15-8-4-3-7-14(15)16(13)18-9-5-1-2-6-10-20/h3-4,7-8,12,20H,1-2,5-6,9-10H2,(H,18,19). The van der Waals surface area contributed by atoms with Crippen LogP contribution in [0, 0.1) is 11.3 Å². The molecule has 0 unspecified atom stereocenters. The maximum atomic E-state index is 9.19. The van der Waals surface area contributed by atoms with Crippen molar-refractivity contribution in [2.24, 2.45) is 0 Å². The Hall–Kier alpha value is -2.12. The number of aliphatic hydroxyl groups is 1. The molecule has 0 radical (unpaired) electrons. The van der Waals surface area contributed by atoms with Gasteiger partial charge in [-0.05, 0) is 18.9 Å². The number of nitrogens with one attached hydrogen (secondary N) is 1. The van der Waals surface area contributed by atoms with E-state index in [1.54, 1.807) is 6.20 Å². The first kappa shape index (κ1) is 14.3. The lowest BCUT2D eigenvalue weighted by Crippen LogP contribution is -2.04. The third-order valence-electron chi connectivity index (χ3n) is 3.28. The average Bonchev–Trinajstić information content (AvgIpc) is 2.50. The van der Waals surface area contributed by atoms with E-state index in [1.807, 2.05) is 24.3 Å². The Morgan fingerprint density at radius 1 is 1.15 bits per heavy atom. The summed E-state index contributed by atoms with van der Waals surface area (Å²) in [5, 5.41) is 22.3. The van der Waals surface area contributed by atoms with Crippen molar-refractivity contribution in [2.45, 2.75) is 25.7 Å². The van der Waals surface area contributed by atoms with Crippen molar-refractivity contribution >= 4 is 16.6 Å². The molecule has 2 aromatic rings. The number of pyridine rings is 1. The van der Waals surface area contributed by atoms with Crippen LogP contribution < -0.4 is 5.32 Å². The molecule has 4 heteroatoms. The minimum absolute atomic E-state index is 0.265. The first-order valence-corrected chi connectivity index (χ1v) is 6.99. The van der Waals surface area contributed by atoms with Gasteiger partial charge >= 0.3 is 0 Å². The second-order valence-corrected chi connectivity index (χ2v) is 4.74. The molecule has 0 saturated carbocycles. The number of nitrogens with zero attached hydrogens (tertiary/aromatic N) is 2. The Bertz CT molecular complexity index is 604. The number of aromatic nitrogens is 1. The summed E-state index contributed by atoms with van der Waals surface area (Å²) < 4.78 is 0.